The number of aromatic nitrogens is 5. The summed E-state index contributed by atoms with van der Waals surface area (Å²) in [5.74, 6) is 0.00613. The molecule has 3 aromatic heterocycles. The largest absolute Gasteiger partial charge is 0.389 e. The number of likely N-dealkylation sites (N-methyl/N-ethyl adjacent to an activating group) is 1. The normalized spacial score (nSPS) is 23.2. The van der Waals surface area contributed by atoms with Gasteiger partial charge in [0.1, 0.15) is 18.1 Å². The molecule has 4 rings (SSSR count). The minimum absolute atomic E-state index is 0.215. The van der Waals surface area contributed by atoms with Crippen LogP contribution in [0.3, 0.4) is 0 Å². The monoisotopic (exact) mass is 343 g/mol. The molecule has 25 heavy (non-hydrogen) atoms. The van der Waals surface area contributed by atoms with Crippen molar-refractivity contribution in [2.45, 2.75) is 31.0 Å². The van der Waals surface area contributed by atoms with Gasteiger partial charge in [-0.25, -0.2) is 15.0 Å². The number of anilines is 1. The lowest BCUT2D eigenvalue weighted by atomic mass is 10.1. The Labute approximate surface area is 142 Å². The van der Waals surface area contributed by atoms with Gasteiger partial charge in [0.2, 0.25) is 0 Å². The van der Waals surface area contributed by atoms with E-state index >= 15 is 0 Å². The smallest absolute Gasteiger partial charge is 0.276 e. The molecule has 1 fully saturated rings. The van der Waals surface area contributed by atoms with Gasteiger partial charge in [0, 0.05) is 13.1 Å². The maximum absolute atomic E-state index is 12.4. The highest BCUT2D eigenvalue weighted by atomic mass is 16.5. The van der Waals surface area contributed by atoms with Crippen LogP contribution in [0, 0.1) is 0 Å². The summed E-state index contributed by atoms with van der Waals surface area (Å²) in [6.07, 6.45) is 4.87. The number of aliphatic hydroxyl groups excluding tert-OH is 1. The molecule has 10 heteroatoms. The number of rotatable bonds is 3. The summed E-state index contributed by atoms with van der Waals surface area (Å²) in [5, 5.41) is 14.5. The maximum atomic E-state index is 12.4. The minimum Gasteiger partial charge on any atom is -0.389 e. The fourth-order valence-corrected chi connectivity index (χ4v) is 3.43. The lowest BCUT2D eigenvalue weighted by molar-refractivity contribution is 0.0439. The summed E-state index contributed by atoms with van der Waals surface area (Å²) in [6, 6.07) is 0.906. The molecule has 3 atom stereocenters. The first kappa shape index (κ1) is 15.5. The number of aliphatic hydroxyl groups is 1. The Morgan fingerprint density at radius 3 is 3.00 bits per heavy atom. The molecular formula is C15H17N7O3. The van der Waals surface area contributed by atoms with Crippen molar-refractivity contribution in [1.82, 2.24) is 29.6 Å². The second kappa shape index (κ2) is 5.81. The van der Waals surface area contributed by atoms with Crippen molar-refractivity contribution in [2.24, 2.45) is 0 Å². The van der Waals surface area contributed by atoms with E-state index in [1.54, 1.807) is 17.9 Å². The Bertz CT molecular complexity index is 907. The van der Waals surface area contributed by atoms with Gasteiger partial charge in [0.25, 0.3) is 5.91 Å². The Hall–Kier alpha value is -3.01. The molecule has 0 unspecified atom stereocenters. The third-order valence-corrected chi connectivity index (χ3v) is 4.77. The number of hydrogen-bond acceptors (Lipinski definition) is 8. The molecule has 0 spiro atoms. The van der Waals surface area contributed by atoms with E-state index in [2.05, 4.69) is 20.1 Å². The number of nitrogens with two attached hydrogens (primary N) is 1. The highest BCUT2D eigenvalue weighted by molar-refractivity contribution is 5.92. The average Bonchev–Trinajstić information content (AvgIpc) is 3.33. The molecule has 0 aliphatic heterocycles. The fraction of sp³-hybridized carbons (Fsp3) is 0.400. The molecule has 1 saturated carbocycles. The highest BCUT2D eigenvalue weighted by Crippen LogP contribution is 2.35. The van der Waals surface area contributed by atoms with Crippen LogP contribution in [0.25, 0.3) is 11.2 Å². The van der Waals surface area contributed by atoms with Crippen molar-refractivity contribution < 1.29 is 14.4 Å². The molecule has 0 saturated heterocycles. The summed E-state index contributed by atoms with van der Waals surface area (Å²) in [6.45, 7) is 0. The van der Waals surface area contributed by atoms with Crippen LogP contribution in [0.2, 0.25) is 0 Å². The predicted octanol–water partition coefficient (Wildman–Crippen LogP) is 0.233. The summed E-state index contributed by atoms with van der Waals surface area (Å²) in [4.78, 5) is 26.3. The van der Waals surface area contributed by atoms with Gasteiger partial charge in [0.15, 0.2) is 17.2 Å². The van der Waals surface area contributed by atoms with Gasteiger partial charge in [-0.2, -0.15) is 0 Å². The van der Waals surface area contributed by atoms with E-state index in [0.717, 1.165) is 0 Å². The van der Waals surface area contributed by atoms with Gasteiger partial charge >= 0.3 is 0 Å². The SMILES string of the molecule is CN(C(=O)c1ccon1)[C@@H]1CC[C@H](n2cnc3c(N)ncnc32)[C@H]1O. The lowest BCUT2D eigenvalue weighted by Gasteiger charge is -2.28. The minimum atomic E-state index is -0.769. The number of carbonyl (C=O) groups excluding carboxylic acids is 1. The molecule has 130 valence electrons. The molecule has 1 aliphatic rings. The van der Waals surface area contributed by atoms with Crippen LogP contribution in [0.15, 0.2) is 29.5 Å². The number of imidazole rings is 1. The van der Waals surface area contributed by atoms with E-state index in [-0.39, 0.29) is 23.7 Å². The first-order chi connectivity index (χ1) is 12.1. The number of hydrogen-bond donors (Lipinski definition) is 2. The molecule has 3 N–H and O–H groups in total. The predicted molar refractivity (Wildman–Crippen MR) is 86.4 cm³/mol. The summed E-state index contributed by atoms with van der Waals surface area (Å²) in [7, 11) is 1.65. The van der Waals surface area contributed by atoms with Crippen molar-refractivity contribution in [3.63, 3.8) is 0 Å². The second-order valence-electron chi connectivity index (χ2n) is 6.09. The molecule has 0 bridgehead atoms. The Morgan fingerprint density at radius 2 is 2.24 bits per heavy atom. The molecule has 10 nitrogen and oxygen atoms in total. The van der Waals surface area contributed by atoms with Crippen LogP contribution in [0.1, 0.15) is 29.4 Å². The van der Waals surface area contributed by atoms with E-state index in [4.69, 9.17) is 10.3 Å². The number of nitrogen functional groups attached to an aromatic ring is 1. The molecule has 0 aromatic carbocycles. The number of fused-ring (bicyclic) bond motifs is 1. The van der Waals surface area contributed by atoms with E-state index in [0.29, 0.717) is 29.8 Å². The average molecular weight is 343 g/mol. The van der Waals surface area contributed by atoms with Gasteiger partial charge in [0.05, 0.1) is 24.5 Å². The number of amides is 1. The Kier molecular flexibility index (Phi) is 3.61. The molecule has 3 aromatic rings. The van der Waals surface area contributed by atoms with Crippen LogP contribution >= 0.6 is 0 Å². The van der Waals surface area contributed by atoms with Gasteiger partial charge in [-0.15, -0.1) is 0 Å². The first-order valence-corrected chi connectivity index (χ1v) is 7.86. The number of nitrogens with zero attached hydrogens (tertiary/aromatic N) is 6. The Morgan fingerprint density at radius 1 is 1.40 bits per heavy atom. The standard InChI is InChI=1S/C15H17N7O3/c1-21(15(24)8-4-5-25-20-8)9-2-3-10(12(9)23)22-7-19-11-13(16)17-6-18-14(11)22/h4-7,9-10,12,23H,2-3H2,1H3,(H2,16,17,18)/t9-,10+,12+/m1/s1. The van der Waals surface area contributed by atoms with Crippen molar-refractivity contribution in [2.75, 3.05) is 12.8 Å². The highest BCUT2D eigenvalue weighted by Gasteiger charge is 2.40. The van der Waals surface area contributed by atoms with Gasteiger partial charge in [-0.3, -0.25) is 4.79 Å². The van der Waals surface area contributed by atoms with Gasteiger partial charge < -0.3 is 24.8 Å². The van der Waals surface area contributed by atoms with Gasteiger partial charge in [-0.05, 0) is 12.8 Å². The van der Waals surface area contributed by atoms with Crippen molar-refractivity contribution in [3.05, 3.63) is 30.7 Å². The first-order valence-electron chi connectivity index (χ1n) is 7.86. The molecule has 0 radical (unpaired) electrons. The van der Waals surface area contributed by atoms with Crippen LogP contribution < -0.4 is 5.73 Å². The molecular weight excluding hydrogens is 326 g/mol. The maximum Gasteiger partial charge on any atom is 0.276 e. The summed E-state index contributed by atoms with van der Waals surface area (Å²) < 4.78 is 6.51. The van der Waals surface area contributed by atoms with Crippen LogP contribution in [0.5, 0.6) is 0 Å². The van der Waals surface area contributed by atoms with Gasteiger partial charge in [-0.1, -0.05) is 5.16 Å². The van der Waals surface area contributed by atoms with E-state index in [1.807, 2.05) is 0 Å². The topological polar surface area (TPSA) is 136 Å². The zero-order valence-corrected chi connectivity index (χ0v) is 13.5. The van der Waals surface area contributed by atoms with E-state index in [9.17, 15) is 9.90 Å². The second-order valence-corrected chi connectivity index (χ2v) is 6.09. The number of carbonyl (C=O) groups is 1. The molecule has 1 aliphatic carbocycles. The zero-order valence-electron chi connectivity index (χ0n) is 13.5. The van der Waals surface area contributed by atoms with Crippen molar-refractivity contribution in [1.29, 1.82) is 0 Å². The third-order valence-electron chi connectivity index (χ3n) is 4.77. The Balaban J connectivity index is 1.60. The van der Waals surface area contributed by atoms with Crippen LogP contribution in [-0.2, 0) is 0 Å². The van der Waals surface area contributed by atoms with E-state index < -0.39 is 6.10 Å². The summed E-state index contributed by atoms with van der Waals surface area (Å²) >= 11 is 0. The van der Waals surface area contributed by atoms with Crippen molar-refractivity contribution in [3.8, 4) is 0 Å². The lowest BCUT2D eigenvalue weighted by Crippen LogP contribution is -2.43. The van der Waals surface area contributed by atoms with Crippen LogP contribution in [0.4, 0.5) is 5.82 Å². The van der Waals surface area contributed by atoms with Crippen LogP contribution in [-0.4, -0.2) is 59.8 Å². The quantitative estimate of drug-likeness (QED) is 0.690. The van der Waals surface area contributed by atoms with Crippen molar-refractivity contribution >= 4 is 22.9 Å². The molecule has 3 heterocycles. The fourth-order valence-electron chi connectivity index (χ4n) is 3.43. The third kappa shape index (κ3) is 2.41. The summed E-state index contributed by atoms with van der Waals surface area (Å²) in [5.41, 5.74) is 7.11. The van der Waals surface area contributed by atoms with E-state index in [1.165, 1.54) is 23.6 Å². The molecule has 1 amide bonds. The zero-order chi connectivity index (χ0) is 17.6.